The van der Waals surface area contributed by atoms with Gasteiger partial charge in [0.15, 0.2) is 0 Å². The smallest absolute Gasteiger partial charge is 0.113 e. The van der Waals surface area contributed by atoms with E-state index in [9.17, 15) is 0 Å². The first-order valence-corrected chi connectivity index (χ1v) is 6.66. The molecular weight excluding hydrogens is 246 g/mol. The van der Waals surface area contributed by atoms with Gasteiger partial charge in [0.05, 0.1) is 12.1 Å². The molecule has 0 saturated carbocycles. The molecule has 96 valence electrons. The minimum Gasteiger partial charge on any atom is -0.240 e. The van der Waals surface area contributed by atoms with Crippen molar-refractivity contribution < 1.29 is 0 Å². The molecule has 0 saturated heterocycles. The Labute approximate surface area is 116 Å². The molecule has 0 fully saturated rings. The molecule has 0 aliphatic heterocycles. The zero-order chi connectivity index (χ0) is 13.4. The van der Waals surface area contributed by atoms with Crippen LogP contribution in [0.1, 0.15) is 5.56 Å². The van der Waals surface area contributed by atoms with Crippen molar-refractivity contribution in [3.8, 4) is 0 Å². The van der Waals surface area contributed by atoms with Gasteiger partial charge >= 0.3 is 0 Å². The second-order valence-corrected chi connectivity index (χ2v) is 4.92. The lowest BCUT2D eigenvalue weighted by molar-refractivity contribution is 0.670. The SMILES string of the molecule is c1ccc(Cn2nnc3cc4ccccc4cc32)cc1. The fraction of sp³-hybridized carbons (Fsp3) is 0.0588. The molecule has 0 unspecified atom stereocenters. The van der Waals surface area contributed by atoms with Gasteiger partial charge in [-0.05, 0) is 28.5 Å². The molecule has 0 amide bonds. The maximum atomic E-state index is 4.28. The molecule has 20 heavy (non-hydrogen) atoms. The third kappa shape index (κ3) is 1.84. The second-order valence-electron chi connectivity index (χ2n) is 4.92. The van der Waals surface area contributed by atoms with Gasteiger partial charge in [-0.1, -0.05) is 59.8 Å². The number of rotatable bonds is 2. The first-order valence-electron chi connectivity index (χ1n) is 6.66. The Morgan fingerprint density at radius 1 is 0.800 bits per heavy atom. The van der Waals surface area contributed by atoms with Crippen LogP contribution in [-0.2, 0) is 6.54 Å². The van der Waals surface area contributed by atoms with Crippen molar-refractivity contribution >= 4 is 21.8 Å². The lowest BCUT2D eigenvalue weighted by atomic mass is 10.1. The van der Waals surface area contributed by atoms with Gasteiger partial charge in [-0.2, -0.15) is 0 Å². The quantitative estimate of drug-likeness (QED) is 0.550. The molecule has 0 atom stereocenters. The van der Waals surface area contributed by atoms with Crippen molar-refractivity contribution in [2.24, 2.45) is 0 Å². The van der Waals surface area contributed by atoms with Crippen LogP contribution >= 0.6 is 0 Å². The molecule has 3 heteroatoms. The van der Waals surface area contributed by atoms with Gasteiger partial charge in [0.2, 0.25) is 0 Å². The van der Waals surface area contributed by atoms with E-state index in [0.717, 1.165) is 17.6 Å². The summed E-state index contributed by atoms with van der Waals surface area (Å²) in [6.45, 7) is 0.746. The molecule has 0 aliphatic carbocycles. The van der Waals surface area contributed by atoms with Crippen LogP contribution < -0.4 is 0 Å². The van der Waals surface area contributed by atoms with Crippen LogP contribution in [0, 0.1) is 0 Å². The number of hydrogen-bond donors (Lipinski definition) is 0. The molecule has 0 aliphatic rings. The summed E-state index contributed by atoms with van der Waals surface area (Å²) >= 11 is 0. The summed E-state index contributed by atoms with van der Waals surface area (Å²) in [6.07, 6.45) is 0. The van der Waals surface area contributed by atoms with Crippen LogP contribution in [0.15, 0.2) is 66.7 Å². The van der Waals surface area contributed by atoms with E-state index in [1.807, 2.05) is 28.9 Å². The fourth-order valence-electron chi connectivity index (χ4n) is 2.53. The standard InChI is InChI=1S/C17H13N3/c1-2-6-13(7-3-1)12-20-17-11-15-9-5-4-8-14(15)10-16(17)18-19-20/h1-11H,12H2. The number of nitrogens with zero attached hydrogens (tertiary/aromatic N) is 3. The summed E-state index contributed by atoms with van der Waals surface area (Å²) < 4.78 is 1.96. The fourth-order valence-corrected chi connectivity index (χ4v) is 2.53. The normalized spacial score (nSPS) is 11.2. The summed E-state index contributed by atoms with van der Waals surface area (Å²) in [6, 6.07) is 22.9. The van der Waals surface area contributed by atoms with Crippen LogP contribution in [0.5, 0.6) is 0 Å². The number of aromatic nitrogens is 3. The van der Waals surface area contributed by atoms with Crippen LogP contribution in [0.2, 0.25) is 0 Å². The highest BCUT2D eigenvalue weighted by atomic mass is 15.4. The monoisotopic (exact) mass is 259 g/mol. The van der Waals surface area contributed by atoms with Crippen LogP contribution in [0.25, 0.3) is 21.8 Å². The number of benzene rings is 3. The molecule has 1 aromatic heterocycles. The summed E-state index contributed by atoms with van der Waals surface area (Å²) in [5, 5.41) is 11.0. The van der Waals surface area contributed by atoms with Crippen LogP contribution in [0.4, 0.5) is 0 Å². The van der Waals surface area contributed by atoms with E-state index in [1.165, 1.54) is 16.3 Å². The lowest BCUT2D eigenvalue weighted by Crippen LogP contribution is -2.01. The minimum atomic E-state index is 0.746. The number of fused-ring (bicyclic) bond motifs is 2. The topological polar surface area (TPSA) is 30.7 Å². The maximum Gasteiger partial charge on any atom is 0.113 e. The zero-order valence-corrected chi connectivity index (χ0v) is 10.9. The minimum absolute atomic E-state index is 0.746. The number of hydrogen-bond acceptors (Lipinski definition) is 2. The van der Waals surface area contributed by atoms with Crippen molar-refractivity contribution in [2.45, 2.75) is 6.54 Å². The van der Waals surface area contributed by atoms with Crippen LogP contribution in [-0.4, -0.2) is 15.0 Å². The van der Waals surface area contributed by atoms with Crippen molar-refractivity contribution in [3.63, 3.8) is 0 Å². The Morgan fingerprint density at radius 3 is 2.30 bits per heavy atom. The Balaban J connectivity index is 1.86. The first-order chi connectivity index (χ1) is 9.90. The molecule has 4 aromatic rings. The maximum absolute atomic E-state index is 4.28. The highest BCUT2D eigenvalue weighted by molar-refractivity contribution is 5.94. The van der Waals surface area contributed by atoms with E-state index in [2.05, 4.69) is 52.8 Å². The highest BCUT2D eigenvalue weighted by Crippen LogP contribution is 2.21. The molecule has 3 aromatic carbocycles. The van der Waals surface area contributed by atoms with E-state index in [4.69, 9.17) is 0 Å². The lowest BCUT2D eigenvalue weighted by Gasteiger charge is -2.03. The van der Waals surface area contributed by atoms with Gasteiger partial charge in [-0.25, -0.2) is 4.68 Å². The summed E-state index contributed by atoms with van der Waals surface area (Å²) in [5.41, 5.74) is 3.25. The van der Waals surface area contributed by atoms with Gasteiger partial charge in [0.1, 0.15) is 5.52 Å². The molecule has 0 bridgehead atoms. The third-order valence-corrected chi connectivity index (χ3v) is 3.56. The Bertz CT molecular complexity index is 878. The van der Waals surface area contributed by atoms with Gasteiger partial charge in [-0.15, -0.1) is 5.10 Å². The largest absolute Gasteiger partial charge is 0.240 e. The Kier molecular flexibility index (Phi) is 2.49. The first kappa shape index (κ1) is 11.2. The summed E-state index contributed by atoms with van der Waals surface area (Å²) in [4.78, 5) is 0. The predicted molar refractivity (Wildman–Crippen MR) is 80.6 cm³/mol. The summed E-state index contributed by atoms with van der Waals surface area (Å²) in [7, 11) is 0. The van der Waals surface area contributed by atoms with E-state index < -0.39 is 0 Å². The molecule has 1 heterocycles. The molecular formula is C17H13N3. The van der Waals surface area contributed by atoms with E-state index in [-0.39, 0.29) is 0 Å². The molecule has 4 rings (SSSR count). The van der Waals surface area contributed by atoms with Crippen LogP contribution in [0.3, 0.4) is 0 Å². The van der Waals surface area contributed by atoms with Gasteiger partial charge < -0.3 is 0 Å². The van der Waals surface area contributed by atoms with Crippen molar-refractivity contribution in [2.75, 3.05) is 0 Å². The molecule has 3 nitrogen and oxygen atoms in total. The second kappa shape index (κ2) is 4.46. The van der Waals surface area contributed by atoms with Crippen molar-refractivity contribution in [1.82, 2.24) is 15.0 Å². The van der Waals surface area contributed by atoms with Gasteiger partial charge in [0.25, 0.3) is 0 Å². The van der Waals surface area contributed by atoms with Crippen molar-refractivity contribution in [1.29, 1.82) is 0 Å². The van der Waals surface area contributed by atoms with E-state index in [1.54, 1.807) is 0 Å². The molecule has 0 radical (unpaired) electrons. The van der Waals surface area contributed by atoms with Crippen molar-refractivity contribution in [3.05, 3.63) is 72.3 Å². The third-order valence-electron chi connectivity index (χ3n) is 3.56. The zero-order valence-electron chi connectivity index (χ0n) is 10.9. The summed E-state index contributed by atoms with van der Waals surface area (Å²) in [5.74, 6) is 0. The molecule has 0 N–H and O–H groups in total. The molecule has 0 spiro atoms. The Morgan fingerprint density at radius 2 is 1.50 bits per heavy atom. The Hall–Kier alpha value is -2.68. The van der Waals surface area contributed by atoms with E-state index in [0.29, 0.717) is 0 Å². The average molecular weight is 259 g/mol. The highest BCUT2D eigenvalue weighted by Gasteiger charge is 2.06. The van der Waals surface area contributed by atoms with Gasteiger partial charge in [-0.3, -0.25) is 0 Å². The predicted octanol–water partition coefficient (Wildman–Crippen LogP) is 3.63. The van der Waals surface area contributed by atoms with E-state index >= 15 is 0 Å². The average Bonchev–Trinajstić information content (AvgIpc) is 2.88. The van der Waals surface area contributed by atoms with Gasteiger partial charge in [0, 0.05) is 0 Å².